The Kier molecular flexibility index (Phi) is 12.6. The van der Waals surface area contributed by atoms with Gasteiger partial charge in [0.25, 0.3) is 0 Å². The number of carboxylic acid groups (broad SMARTS) is 1. The molecule has 0 fully saturated rings. The lowest BCUT2D eigenvalue weighted by Gasteiger charge is -2.25. The van der Waals surface area contributed by atoms with Crippen molar-refractivity contribution in [2.24, 2.45) is 11.5 Å². The molecule has 3 aromatic rings. The van der Waals surface area contributed by atoms with Crippen LogP contribution in [0.1, 0.15) is 30.4 Å². The number of primary amides is 1. The number of hydrogen-bond donors (Lipinski definition) is 8. The van der Waals surface area contributed by atoms with E-state index in [2.05, 4.69) is 20.9 Å². The van der Waals surface area contributed by atoms with Crippen molar-refractivity contribution in [3.8, 4) is 5.75 Å². The molecule has 0 radical (unpaired) electrons. The van der Waals surface area contributed by atoms with Crippen LogP contribution in [0.15, 0.2) is 54.7 Å². The molecule has 14 heteroatoms. The second kappa shape index (κ2) is 16.3. The van der Waals surface area contributed by atoms with Gasteiger partial charge in [0.2, 0.25) is 23.6 Å². The molecule has 4 amide bonds. The quantitative estimate of drug-likeness (QED) is 0.104. The van der Waals surface area contributed by atoms with Crippen LogP contribution in [0, 0.1) is 0 Å². The lowest BCUT2D eigenvalue weighted by Crippen LogP contribution is -2.58. The van der Waals surface area contributed by atoms with Crippen LogP contribution in [0.5, 0.6) is 5.75 Å². The maximum Gasteiger partial charge on any atom is 0.326 e. The van der Waals surface area contributed by atoms with Crippen molar-refractivity contribution in [1.82, 2.24) is 20.9 Å². The standard InChI is InChI=1S/C30H38N6O7S/c1-44-13-12-23(28(40)36-25(30(42)43)14-17-6-8-19(37)9-7-17)34-29(41)24(35-27(39)21(31)10-11-26(32)38)15-18-16-33-22-5-3-2-4-20(18)22/h2-9,16,21,23-25,33,37H,10-15,31H2,1H3,(H2,32,38)(H,34,41)(H,35,39)(H,36,40)(H,42,43). The highest BCUT2D eigenvalue weighted by molar-refractivity contribution is 7.98. The Bertz CT molecular complexity index is 1460. The molecule has 44 heavy (non-hydrogen) atoms. The Morgan fingerprint density at radius 2 is 1.50 bits per heavy atom. The van der Waals surface area contributed by atoms with Crippen LogP contribution in [0.2, 0.25) is 0 Å². The van der Waals surface area contributed by atoms with E-state index in [-0.39, 0.29) is 37.9 Å². The molecule has 0 aliphatic rings. The number of aromatic nitrogens is 1. The molecule has 0 bridgehead atoms. The van der Waals surface area contributed by atoms with Crippen molar-refractivity contribution in [2.45, 2.75) is 56.3 Å². The van der Waals surface area contributed by atoms with Crippen molar-refractivity contribution >= 4 is 52.3 Å². The van der Waals surface area contributed by atoms with Gasteiger partial charge in [0.05, 0.1) is 6.04 Å². The number of thioether (sulfide) groups is 1. The van der Waals surface area contributed by atoms with Crippen LogP contribution in [0.25, 0.3) is 10.9 Å². The average molecular weight is 627 g/mol. The van der Waals surface area contributed by atoms with Gasteiger partial charge in [-0.3, -0.25) is 19.2 Å². The number of carbonyl (C=O) groups is 5. The molecule has 4 unspecified atom stereocenters. The molecule has 1 heterocycles. The highest BCUT2D eigenvalue weighted by atomic mass is 32.2. The number of para-hydroxylation sites is 1. The fourth-order valence-corrected chi connectivity index (χ4v) is 5.03. The van der Waals surface area contributed by atoms with Gasteiger partial charge in [0, 0.05) is 36.4 Å². The van der Waals surface area contributed by atoms with Crippen LogP contribution < -0.4 is 27.4 Å². The molecule has 3 rings (SSSR count). The normalized spacial score (nSPS) is 13.8. The molecule has 0 aliphatic heterocycles. The lowest BCUT2D eigenvalue weighted by molar-refractivity contribution is -0.142. The van der Waals surface area contributed by atoms with Crippen molar-refractivity contribution in [3.63, 3.8) is 0 Å². The van der Waals surface area contributed by atoms with E-state index in [1.165, 1.54) is 23.9 Å². The summed E-state index contributed by atoms with van der Waals surface area (Å²) < 4.78 is 0. The first-order chi connectivity index (χ1) is 21.0. The Hall–Kier alpha value is -4.56. The summed E-state index contributed by atoms with van der Waals surface area (Å²) in [6, 6.07) is 8.70. The van der Waals surface area contributed by atoms with Crippen molar-refractivity contribution < 1.29 is 34.2 Å². The van der Waals surface area contributed by atoms with Gasteiger partial charge in [0.1, 0.15) is 23.9 Å². The number of fused-ring (bicyclic) bond motifs is 1. The van der Waals surface area contributed by atoms with Crippen LogP contribution in [-0.2, 0) is 36.8 Å². The number of aliphatic carboxylic acids is 1. The molecule has 13 nitrogen and oxygen atoms in total. The number of phenolic OH excluding ortho intramolecular Hbond substituents is 1. The van der Waals surface area contributed by atoms with E-state index in [0.29, 0.717) is 11.3 Å². The fraction of sp³-hybridized carbons (Fsp3) is 0.367. The number of rotatable bonds is 17. The first-order valence-corrected chi connectivity index (χ1v) is 15.4. The number of aromatic amines is 1. The first kappa shape index (κ1) is 33.9. The van der Waals surface area contributed by atoms with Gasteiger partial charge in [0.15, 0.2) is 0 Å². The van der Waals surface area contributed by atoms with Crippen LogP contribution in [0.4, 0.5) is 0 Å². The SMILES string of the molecule is CSCCC(NC(=O)C(Cc1c[nH]c2ccccc12)NC(=O)C(N)CCC(N)=O)C(=O)NC(Cc1ccc(O)cc1)C(=O)O. The lowest BCUT2D eigenvalue weighted by atomic mass is 10.0. The zero-order valence-corrected chi connectivity index (χ0v) is 25.1. The number of nitrogens with two attached hydrogens (primary N) is 2. The van der Waals surface area contributed by atoms with Gasteiger partial charge in [-0.15, -0.1) is 0 Å². The predicted octanol–water partition coefficient (Wildman–Crippen LogP) is 0.544. The molecule has 236 valence electrons. The third kappa shape index (κ3) is 10.0. The van der Waals surface area contributed by atoms with Gasteiger partial charge in [-0.25, -0.2) is 4.79 Å². The van der Waals surface area contributed by atoms with Crippen LogP contribution in [0.3, 0.4) is 0 Å². The average Bonchev–Trinajstić information content (AvgIpc) is 3.40. The second-order valence-corrected chi connectivity index (χ2v) is 11.3. The number of amides is 4. The van der Waals surface area contributed by atoms with Crippen LogP contribution >= 0.6 is 11.8 Å². The summed E-state index contributed by atoms with van der Waals surface area (Å²) in [4.78, 5) is 66.2. The minimum absolute atomic E-state index is 0.0149. The van der Waals surface area contributed by atoms with Gasteiger partial charge in [-0.2, -0.15) is 11.8 Å². The summed E-state index contributed by atoms with van der Waals surface area (Å²) in [6.45, 7) is 0. The second-order valence-electron chi connectivity index (χ2n) is 10.3. The molecular weight excluding hydrogens is 588 g/mol. The molecule has 0 spiro atoms. The van der Waals surface area contributed by atoms with E-state index < -0.39 is 53.8 Å². The summed E-state index contributed by atoms with van der Waals surface area (Å²) in [6.07, 6.45) is 3.62. The largest absolute Gasteiger partial charge is 0.508 e. The highest BCUT2D eigenvalue weighted by Crippen LogP contribution is 2.19. The smallest absolute Gasteiger partial charge is 0.326 e. The number of H-pyrrole nitrogens is 1. The Morgan fingerprint density at radius 3 is 2.16 bits per heavy atom. The van der Waals surface area contributed by atoms with Gasteiger partial charge in [-0.05, 0) is 54.2 Å². The predicted molar refractivity (Wildman–Crippen MR) is 167 cm³/mol. The Morgan fingerprint density at radius 1 is 0.864 bits per heavy atom. The molecule has 4 atom stereocenters. The number of carbonyl (C=O) groups excluding carboxylic acids is 4. The minimum Gasteiger partial charge on any atom is -0.508 e. The van der Waals surface area contributed by atoms with E-state index in [1.807, 2.05) is 30.5 Å². The Balaban J connectivity index is 1.80. The maximum absolute atomic E-state index is 13.7. The minimum atomic E-state index is -1.30. The molecule has 0 saturated carbocycles. The monoisotopic (exact) mass is 626 g/mol. The topological polar surface area (TPSA) is 230 Å². The number of carboxylic acids is 1. The first-order valence-electron chi connectivity index (χ1n) is 14.0. The van der Waals surface area contributed by atoms with E-state index in [9.17, 15) is 34.2 Å². The van der Waals surface area contributed by atoms with Crippen molar-refractivity contribution in [2.75, 3.05) is 12.0 Å². The molecule has 1 aromatic heterocycles. The summed E-state index contributed by atoms with van der Waals surface area (Å²) in [5.41, 5.74) is 13.3. The third-order valence-electron chi connectivity index (χ3n) is 7.00. The molecular formula is C30H38N6O7S. The van der Waals surface area contributed by atoms with E-state index >= 15 is 0 Å². The van der Waals surface area contributed by atoms with E-state index in [4.69, 9.17) is 11.5 Å². The number of benzene rings is 2. The third-order valence-corrected chi connectivity index (χ3v) is 7.65. The van der Waals surface area contributed by atoms with Gasteiger partial charge in [-0.1, -0.05) is 30.3 Å². The fourth-order valence-electron chi connectivity index (χ4n) is 4.55. The summed E-state index contributed by atoms with van der Waals surface area (Å²) in [5.74, 6) is -3.43. The highest BCUT2D eigenvalue weighted by Gasteiger charge is 2.31. The Labute approximate surface area is 258 Å². The number of hydrogen-bond acceptors (Lipinski definition) is 8. The maximum atomic E-state index is 13.7. The van der Waals surface area contributed by atoms with E-state index in [0.717, 1.165) is 16.5 Å². The zero-order chi connectivity index (χ0) is 32.2. The van der Waals surface area contributed by atoms with Gasteiger partial charge >= 0.3 is 5.97 Å². The molecule has 0 saturated heterocycles. The number of phenols is 1. The van der Waals surface area contributed by atoms with E-state index in [1.54, 1.807) is 18.3 Å². The number of aromatic hydroxyl groups is 1. The van der Waals surface area contributed by atoms with Crippen LogP contribution in [-0.4, -0.2) is 81.0 Å². The zero-order valence-electron chi connectivity index (χ0n) is 24.2. The summed E-state index contributed by atoms with van der Waals surface area (Å²) >= 11 is 1.44. The van der Waals surface area contributed by atoms with Crippen molar-refractivity contribution in [3.05, 3.63) is 65.9 Å². The molecule has 0 aliphatic carbocycles. The summed E-state index contributed by atoms with van der Waals surface area (Å²) in [7, 11) is 0. The molecule has 10 N–H and O–H groups in total. The number of nitrogens with one attached hydrogen (secondary N) is 4. The van der Waals surface area contributed by atoms with Gasteiger partial charge < -0.3 is 42.6 Å². The molecule has 2 aromatic carbocycles. The summed E-state index contributed by atoms with van der Waals surface area (Å²) in [5, 5.41) is 28.0. The van der Waals surface area contributed by atoms with Crippen molar-refractivity contribution in [1.29, 1.82) is 0 Å².